The van der Waals surface area contributed by atoms with Gasteiger partial charge in [0, 0.05) is 43.8 Å². The number of aryl methyl sites for hydroxylation is 1. The molecule has 1 saturated carbocycles. The second kappa shape index (κ2) is 9.96. The Bertz CT molecular complexity index is 982. The summed E-state index contributed by atoms with van der Waals surface area (Å²) in [4.78, 5) is 30.1. The highest BCUT2D eigenvalue weighted by Crippen LogP contribution is 2.34. The van der Waals surface area contributed by atoms with Crippen molar-refractivity contribution in [3.05, 3.63) is 29.6 Å². The fraction of sp³-hybridized carbons (Fsp3) is 0.667. The van der Waals surface area contributed by atoms with Gasteiger partial charge in [0.25, 0.3) is 0 Å². The van der Waals surface area contributed by atoms with Crippen molar-refractivity contribution in [1.82, 2.24) is 14.8 Å². The molecule has 2 aliphatic heterocycles. The standard InChI is InChI=1S/C19H27N3O3S.C2HF3O2/c1-14-3-2-4-16(20-14)13-22-11-12-26(24,25)18-8-10-21(9-7-17(18)22)19(23)15-5-6-15;3-2(4,5)1(6)7/h2-4,15,17-18H,5-13H2,1H3;(H,6,7)/t17-,18+;/m0./s1. The van der Waals surface area contributed by atoms with Crippen molar-refractivity contribution in [3.63, 3.8) is 0 Å². The fourth-order valence-electron chi connectivity index (χ4n) is 4.36. The monoisotopic (exact) mass is 491 g/mol. The summed E-state index contributed by atoms with van der Waals surface area (Å²) in [6.07, 6.45) is -1.81. The van der Waals surface area contributed by atoms with Crippen molar-refractivity contribution in [1.29, 1.82) is 0 Å². The minimum Gasteiger partial charge on any atom is -0.475 e. The summed E-state index contributed by atoms with van der Waals surface area (Å²) in [6.45, 7) is 4.45. The molecule has 0 bridgehead atoms. The largest absolute Gasteiger partial charge is 0.490 e. The van der Waals surface area contributed by atoms with Crippen molar-refractivity contribution in [2.24, 2.45) is 5.92 Å². The lowest BCUT2D eigenvalue weighted by Gasteiger charge is -2.39. The number of alkyl halides is 3. The van der Waals surface area contributed by atoms with Gasteiger partial charge in [-0.05, 0) is 44.7 Å². The molecule has 1 aromatic heterocycles. The van der Waals surface area contributed by atoms with Crippen LogP contribution in [0.4, 0.5) is 13.2 Å². The molecule has 2 saturated heterocycles. The minimum absolute atomic E-state index is 0.0203. The topological polar surface area (TPSA) is 108 Å². The maximum absolute atomic E-state index is 12.7. The number of pyridine rings is 1. The van der Waals surface area contributed by atoms with E-state index in [-0.39, 0.29) is 28.9 Å². The van der Waals surface area contributed by atoms with Gasteiger partial charge in [0.1, 0.15) is 0 Å². The van der Waals surface area contributed by atoms with Crippen LogP contribution < -0.4 is 0 Å². The predicted molar refractivity (Wildman–Crippen MR) is 113 cm³/mol. The van der Waals surface area contributed by atoms with Crippen LogP contribution in [0.2, 0.25) is 0 Å². The van der Waals surface area contributed by atoms with Crippen molar-refractivity contribution in [2.45, 2.75) is 56.6 Å². The number of halogens is 3. The molecule has 1 aliphatic carbocycles. The van der Waals surface area contributed by atoms with Crippen molar-refractivity contribution in [3.8, 4) is 0 Å². The fourth-order valence-corrected chi connectivity index (χ4v) is 6.40. The lowest BCUT2D eigenvalue weighted by Crippen LogP contribution is -2.54. The van der Waals surface area contributed by atoms with Crippen molar-refractivity contribution in [2.75, 3.05) is 25.4 Å². The van der Waals surface area contributed by atoms with Crippen LogP contribution in [-0.2, 0) is 26.0 Å². The normalized spacial score (nSPS) is 25.3. The van der Waals surface area contributed by atoms with Gasteiger partial charge in [-0.15, -0.1) is 0 Å². The molecule has 1 aromatic rings. The van der Waals surface area contributed by atoms with E-state index in [2.05, 4.69) is 9.88 Å². The summed E-state index contributed by atoms with van der Waals surface area (Å²) in [5, 5.41) is 6.76. The highest BCUT2D eigenvalue weighted by molar-refractivity contribution is 7.92. The van der Waals surface area contributed by atoms with E-state index in [9.17, 15) is 26.4 Å². The number of amides is 1. The highest BCUT2D eigenvalue weighted by Gasteiger charge is 2.44. The van der Waals surface area contributed by atoms with E-state index >= 15 is 0 Å². The first kappa shape index (κ1) is 25.4. The third-order valence-electron chi connectivity index (χ3n) is 6.19. The Hall–Kier alpha value is -2.21. The third-order valence-corrected chi connectivity index (χ3v) is 8.42. The van der Waals surface area contributed by atoms with Crippen LogP contribution in [0.25, 0.3) is 0 Å². The average molecular weight is 492 g/mol. The molecule has 1 N–H and O–H groups in total. The second-order valence-electron chi connectivity index (χ2n) is 8.69. The number of aromatic nitrogens is 1. The number of hydrogen-bond donors (Lipinski definition) is 1. The number of likely N-dealkylation sites (tertiary alicyclic amines) is 1. The van der Waals surface area contributed by atoms with E-state index < -0.39 is 22.0 Å². The molecule has 2 atom stereocenters. The van der Waals surface area contributed by atoms with E-state index in [1.807, 2.05) is 30.0 Å². The van der Waals surface area contributed by atoms with Gasteiger partial charge >= 0.3 is 12.1 Å². The molecule has 4 rings (SSSR count). The molecular weight excluding hydrogens is 463 g/mol. The zero-order chi connectivity index (χ0) is 24.4. The quantitative estimate of drug-likeness (QED) is 0.689. The van der Waals surface area contributed by atoms with Crippen LogP contribution in [0.3, 0.4) is 0 Å². The minimum atomic E-state index is -5.08. The molecule has 33 heavy (non-hydrogen) atoms. The van der Waals surface area contributed by atoms with Gasteiger partial charge in [-0.3, -0.25) is 14.7 Å². The Labute approximate surface area is 190 Å². The van der Waals surface area contributed by atoms with E-state index in [1.165, 1.54) is 0 Å². The van der Waals surface area contributed by atoms with Gasteiger partial charge in [-0.2, -0.15) is 13.2 Å². The summed E-state index contributed by atoms with van der Waals surface area (Å²) in [6, 6.07) is 5.96. The van der Waals surface area contributed by atoms with Gasteiger partial charge in [-0.25, -0.2) is 13.2 Å². The second-order valence-corrected chi connectivity index (χ2v) is 11.0. The molecule has 1 amide bonds. The lowest BCUT2D eigenvalue weighted by atomic mass is 10.1. The Morgan fingerprint density at radius 1 is 1.12 bits per heavy atom. The van der Waals surface area contributed by atoms with Crippen LogP contribution in [0, 0.1) is 12.8 Å². The predicted octanol–water partition coefficient (Wildman–Crippen LogP) is 2.02. The van der Waals surface area contributed by atoms with E-state index in [0.29, 0.717) is 32.6 Å². The van der Waals surface area contributed by atoms with E-state index in [0.717, 1.165) is 30.7 Å². The van der Waals surface area contributed by atoms with Gasteiger partial charge < -0.3 is 10.0 Å². The SMILES string of the molecule is Cc1cccc(CN2CCS(=O)(=O)[C@@H]3CCN(C(=O)C4CC4)CC[C@@H]32)n1.O=C(O)C(F)(F)F. The van der Waals surface area contributed by atoms with E-state index in [4.69, 9.17) is 9.90 Å². The van der Waals surface area contributed by atoms with Gasteiger partial charge in [0.2, 0.25) is 5.91 Å². The molecule has 184 valence electrons. The number of hydrogen-bond acceptors (Lipinski definition) is 6. The maximum atomic E-state index is 12.7. The zero-order valence-electron chi connectivity index (χ0n) is 18.3. The number of sulfone groups is 1. The maximum Gasteiger partial charge on any atom is 0.490 e. The summed E-state index contributed by atoms with van der Waals surface area (Å²) in [7, 11) is -3.09. The molecule has 0 unspecified atom stereocenters. The van der Waals surface area contributed by atoms with Gasteiger partial charge in [0.05, 0.1) is 16.7 Å². The molecule has 0 aromatic carbocycles. The first-order valence-electron chi connectivity index (χ1n) is 10.9. The number of fused-ring (bicyclic) bond motifs is 1. The van der Waals surface area contributed by atoms with Crippen LogP contribution in [0.5, 0.6) is 0 Å². The number of nitrogens with zero attached hydrogens (tertiary/aromatic N) is 3. The smallest absolute Gasteiger partial charge is 0.475 e. The molecule has 0 radical (unpaired) electrons. The molecule has 8 nitrogen and oxygen atoms in total. The molecule has 3 heterocycles. The molecule has 3 fully saturated rings. The Kier molecular flexibility index (Phi) is 7.67. The first-order valence-corrected chi connectivity index (χ1v) is 12.6. The van der Waals surface area contributed by atoms with Crippen molar-refractivity contribution >= 4 is 21.7 Å². The van der Waals surface area contributed by atoms with Crippen LogP contribution in [0.1, 0.15) is 37.1 Å². The Balaban J connectivity index is 0.000000383. The molecular formula is C21H28F3N3O5S. The van der Waals surface area contributed by atoms with Crippen molar-refractivity contribution < 1.29 is 36.3 Å². The summed E-state index contributed by atoms with van der Waals surface area (Å²) in [5.74, 6) is -2.13. The zero-order valence-corrected chi connectivity index (χ0v) is 19.1. The van der Waals surface area contributed by atoms with Gasteiger partial charge in [-0.1, -0.05) is 6.07 Å². The number of carboxylic acids is 1. The van der Waals surface area contributed by atoms with Crippen LogP contribution >= 0.6 is 0 Å². The Morgan fingerprint density at radius 2 is 1.76 bits per heavy atom. The summed E-state index contributed by atoms with van der Waals surface area (Å²) in [5.41, 5.74) is 1.96. The first-order chi connectivity index (χ1) is 15.4. The number of aliphatic carboxylic acids is 1. The number of rotatable bonds is 3. The summed E-state index contributed by atoms with van der Waals surface area (Å²) >= 11 is 0. The molecule has 0 spiro atoms. The number of carbonyl (C=O) groups excluding carboxylic acids is 1. The van der Waals surface area contributed by atoms with Crippen LogP contribution in [-0.4, -0.2) is 83.0 Å². The van der Waals surface area contributed by atoms with E-state index in [1.54, 1.807) is 0 Å². The number of carboxylic acid groups (broad SMARTS) is 1. The van der Waals surface area contributed by atoms with Gasteiger partial charge in [0.15, 0.2) is 9.84 Å². The Morgan fingerprint density at radius 3 is 2.33 bits per heavy atom. The number of carbonyl (C=O) groups is 2. The lowest BCUT2D eigenvalue weighted by molar-refractivity contribution is -0.192. The highest BCUT2D eigenvalue weighted by atomic mass is 32.2. The average Bonchev–Trinajstić information content (AvgIpc) is 3.56. The third kappa shape index (κ3) is 6.66. The van der Waals surface area contributed by atoms with Crippen LogP contribution in [0.15, 0.2) is 18.2 Å². The summed E-state index contributed by atoms with van der Waals surface area (Å²) < 4.78 is 57.1. The molecule has 12 heteroatoms. The molecule has 3 aliphatic rings.